The van der Waals surface area contributed by atoms with Gasteiger partial charge < -0.3 is 28.5 Å². The van der Waals surface area contributed by atoms with Crippen LogP contribution in [0.1, 0.15) is 64.0 Å². The molecule has 1 N–H and O–H groups in total. The molecule has 8 heteroatoms. The molecule has 0 amide bonds. The zero-order valence-corrected chi connectivity index (χ0v) is 26.0. The predicted octanol–water partition coefficient (Wildman–Crippen LogP) is 5.47. The van der Waals surface area contributed by atoms with Crippen molar-refractivity contribution in [3.05, 3.63) is 77.3 Å². The molecule has 2 aliphatic heterocycles. The second-order valence-electron chi connectivity index (χ2n) is 14.1. The summed E-state index contributed by atoms with van der Waals surface area (Å²) in [6.45, 7) is 8.96. The van der Waals surface area contributed by atoms with Crippen LogP contribution in [-0.2, 0) is 28.5 Å². The number of carbonyl (C=O) groups excluding carboxylic acids is 2. The number of furan rings is 1. The van der Waals surface area contributed by atoms with Gasteiger partial charge in [-0.05, 0) is 48.1 Å². The van der Waals surface area contributed by atoms with Crippen LogP contribution in [0.2, 0.25) is 0 Å². The van der Waals surface area contributed by atoms with E-state index in [1.165, 1.54) is 24.3 Å². The van der Waals surface area contributed by atoms with Gasteiger partial charge in [0.1, 0.15) is 6.10 Å². The molecule has 5 aliphatic rings. The molecular formula is C36H42O8. The van der Waals surface area contributed by atoms with Gasteiger partial charge in [-0.25, -0.2) is 4.79 Å². The van der Waals surface area contributed by atoms with Gasteiger partial charge in [0.15, 0.2) is 0 Å². The minimum Gasteiger partial charge on any atom is -0.472 e. The van der Waals surface area contributed by atoms with E-state index in [0.717, 1.165) is 17.5 Å². The van der Waals surface area contributed by atoms with Crippen molar-refractivity contribution >= 4 is 18.0 Å². The van der Waals surface area contributed by atoms with E-state index < -0.39 is 34.4 Å². The lowest BCUT2D eigenvalue weighted by Crippen LogP contribution is -2.70. The highest BCUT2D eigenvalue weighted by Gasteiger charge is 2.78. The summed E-state index contributed by atoms with van der Waals surface area (Å²) in [4.78, 5) is 26.7. The Hall–Kier alpha value is -3.20. The maximum Gasteiger partial charge on any atom is 0.331 e. The van der Waals surface area contributed by atoms with Crippen LogP contribution in [-0.4, -0.2) is 61.3 Å². The van der Waals surface area contributed by atoms with Crippen molar-refractivity contribution in [2.75, 3.05) is 13.7 Å². The second kappa shape index (κ2) is 10.4. The number of allylic oxidation sites excluding steroid dienone is 1. The normalized spacial score (nSPS) is 42.2. The molecule has 3 heterocycles. The summed E-state index contributed by atoms with van der Waals surface area (Å²) in [5.74, 6) is -1.17. The lowest BCUT2D eigenvalue weighted by atomic mass is 9.40. The maximum absolute atomic E-state index is 13.4. The van der Waals surface area contributed by atoms with Crippen LogP contribution < -0.4 is 0 Å². The summed E-state index contributed by atoms with van der Waals surface area (Å²) < 4.78 is 30.7. The molecular weight excluding hydrogens is 560 g/mol. The minimum absolute atomic E-state index is 0.131. The number of esters is 2. The average Bonchev–Trinajstić information content (AvgIpc) is 3.79. The summed E-state index contributed by atoms with van der Waals surface area (Å²) in [6.07, 6.45) is 5.64. The molecule has 2 aromatic rings. The number of carbonyl (C=O) groups is 2. The van der Waals surface area contributed by atoms with Gasteiger partial charge in [-0.15, -0.1) is 0 Å². The van der Waals surface area contributed by atoms with Gasteiger partial charge in [0.05, 0.1) is 50.7 Å². The monoisotopic (exact) mass is 602 g/mol. The number of rotatable bonds is 6. The van der Waals surface area contributed by atoms with Crippen LogP contribution in [0.3, 0.4) is 0 Å². The first-order chi connectivity index (χ1) is 21.0. The van der Waals surface area contributed by atoms with E-state index >= 15 is 0 Å². The van der Waals surface area contributed by atoms with Crippen molar-refractivity contribution in [1.29, 1.82) is 0 Å². The fourth-order valence-electron chi connectivity index (χ4n) is 10.2. The summed E-state index contributed by atoms with van der Waals surface area (Å²) in [5, 5.41) is 11.6. The third-order valence-corrected chi connectivity index (χ3v) is 12.2. The summed E-state index contributed by atoms with van der Waals surface area (Å²) in [7, 11) is 1.42. The first-order valence-electron chi connectivity index (χ1n) is 15.7. The number of ether oxygens (including phenoxy) is 4. The number of hydrogen-bond acceptors (Lipinski definition) is 8. The first-order valence-corrected chi connectivity index (χ1v) is 15.7. The van der Waals surface area contributed by atoms with Crippen molar-refractivity contribution in [2.24, 2.45) is 28.1 Å². The molecule has 0 radical (unpaired) electrons. The highest BCUT2D eigenvalue weighted by atomic mass is 16.6. The number of methoxy groups -OCH3 is 1. The summed E-state index contributed by atoms with van der Waals surface area (Å²) >= 11 is 0. The van der Waals surface area contributed by atoms with Crippen LogP contribution in [0.5, 0.6) is 0 Å². The van der Waals surface area contributed by atoms with E-state index in [-0.39, 0.29) is 54.9 Å². The molecule has 2 saturated carbocycles. The Morgan fingerprint density at radius 2 is 1.89 bits per heavy atom. The van der Waals surface area contributed by atoms with Crippen molar-refractivity contribution in [3.63, 3.8) is 0 Å². The van der Waals surface area contributed by atoms with Crippen LogP contribution in [0.4, 0.5) is 0 Å². The zero-order chi connectivity index (χ0) is 31.0. The Balaban J connectivity index is 1.34. The van der Waals surface area contributed by atoms with Crippen molar-refractivity contribution in [3.8, 4) is 0 Å². The molecule has 0 bridgehead atoms. The number of fused-ring (bicyclic) bond motifs is 4. The van der Waals surface area contributed by atoms with Crippen LogP contribution >= 0.6 is 0 Å². The average molecular weight is 603 g/mol. The fraction of sp³-hybridized carbons (Fsp3) is 0.556. The van der Waals surface area contributed by atoms with Gasteiger partial charge >= 0.3 is 11.9 Å². The molecule has 0 spiro atoms. The van der Waals surface area contributed by atoms with Crippen molar-refractivity contribution in [1.82, 2.24) is 0 Å². The first kappa shape index (κ1) is 29.5. The number of hydrogen-bond donors (Lipinski definition) is 1. The number of benzene rings is 1. The second-order valence-corrected chi connectivity index (χ2v) is 14.1. The number of aliphatic hydroxyl groups excluding tert-OH is 1. The number of aliphatic hydroxyl groups is 1. The molecule has 2 saturated heterocycles. The van der Waals surface area contributed by atoms with Crippen LogP contribution in [0.25, 0.3) is 6.08 Å². The third-order valence-electron chi connectivity index (χ3n) is 12.2. The Kier molecular flexibility index (Phi) is 6.99. The highest BCUT2D eigenvalue weighted by Crippen LogP contribution is 2.73. The topological polar surface area (TPSA) is 104 Å². The van der Waals surface area contributed by atoms with Crippen molar-refractivity contribution < 1.29 is 38.1 Å². The Morgan fingerprint density at radius 1 is 1.11 bits per heavy atom. The van der Waals surface area contributed by atoms with E-state index in [1.54, 1.807) is 18.6 Å². The molecule has 7 rings (SSSR count). The maximum atomic E-state index is 13.4. The van der Waals surface area contributed by atoms with E-state index in [4.69, 9.17) is 23.4 Å². The fourth-order valence-corrected chi connectivity index (χ4v) is 10.2. The predicted molar refractivity (Wildman–Crippen MR) is 161 cm³/mol. The summed E-state index contributed by atoms with van der Waals surface area (Å²) in [6, 6.07) is 11.6. The highest BCUT2D eigenvalue weighted by molar-refractivity contribution is 5.87. The van der Waals surface area contributed by atoms with Gasteiger partial charge in [0.2, 0.25) is 0 Å². The molecule has 1 aromatic carbocycles. The molecule has 1 unspecified atom stereocenters. The molecule has 4 fully saturated rings. The summed E-state index contributed by atoms with van der Waals surface area (Å²) in [5.41, 5.74) is 2.51. The van der Waals surface area contributed by atoms with Crippen LogP contribution in [0.15, 0.2) is 70.6 Å². The van der Waals surface area contributed by atoms with E-state index in [9.17, 15) is 14.7 Å². The SMILES string of the molecule is COC(=O)C[C@H]1[C@]2(C)C3=C(C)[C@H](c4ccoc4)C[C@H]3O[C@@H]2[C@@H]2OC[C@@]3(C)C2[C@]1(C)[C@@H](OC(=O)/C=C/c1ccccc1)C[C@H]3O. The quantitative estimate of drug-likeness (QED) is 0.264. The Bertz CT molecular complexity index is 1500. The van der Waals surface area contributed by atoms with Gasteiger partial charge in [0.25, 0.3) is 0 Å². The Labute approximate surface area is 258 Å². The molecule has 8 nitrogen and oxygen atoms in total. The van der Waals surface area contributed by atoms with Gasteiger partial charge in [-0.3, -0.25) is 4.79 Å². The lowest BCUT2D eigenvalue weighted by molar-refractivity contribution is -0.248. The lowest BCUT2D eigenvalue weighted by Gasteiger charge is -2.65. The zero-order valence-electron chi connectivity index (χ0n) is 26.0. The molecule has 44 heavy (non-hydrogen) atoms. The van der Waals surface area contributed by atoms with E-state index in [0.29, 0.717) is 6.61 Å². The van der Waals surface area contributed by atoms with Gasteiger partial charge in [0, 0.05) is 47.0 Å². The molecule has 1 aromatic heterocycles. The standard InChI is InChI=1S/C36H42O8/c1-20-23(22-13-14-41-18-22)15-24-30(20)36(4)25(16-29(39)40-5)35(3)27(44-28(38)12-11-21-9-7-6-8-10-21)17-26(37)34(2)19-42-31(32(34)35)33(36)43-24/h6-14,18,23-27,31-33,37H,15-17,19H2,1-5H3/b12-11+/t23-,24-,25-,26-,27+,31-,32?,33-,34-,35+,36-/m1/s1. The van der Waals surface area contributed by atoms with Gasteiger partial charge in [-0.2, -0.15) is 0 Å². The molecule has 3 aliphatic carbocycles. The minimum atomic E-state index is -0.753. The Morgan fingerprint density at radius 3 is 2.59 bits per heavy atom. The van der Waals surface area contributed by atoms with E-state index in [1.807, 2.05) is 36.4 Å². The third kappa shape index (κ3) is 4.06. The molecule has 234 valence electrons. The largest absolute Gasteiger partial charge is 0.472 e. The molecule has 11 atom stereocenters. The smallest absolute Gasteiger partial charge is 0.331 e. The van der Waals surface area contributed by atoms with Crippen molar-refractivity contribution in [2.45, 2.75) is 83.4 Å². The van der Waals surface area contributed by atoms with Crippen LogP contribution in [0, 0.1) is 28.1 Å². The van der Waals surface area contributed by atoms with Gasteiger partial charge in [-0.1, -0.05) is 56.7 Å². The van der Waals surface area contributed by atoms with E-state index in [2.05, 4.69) is 27.7 Å².